The average molecular weight is 464 g/mol. The summed E-state index contributed by atoms with van der Waals surface area (Å²) in [5.74, 6) is 2.15. The first-order valence-electron chi connectivity index (χ1n) is 9.74. The van der Waals surface area contributed by atoms with Gasteiger partial charge in [-0.1, -0.05) is 16.8 Å². The van der Waals surface area contributed by atoms with Crippen LogP contribution in [0.25, 0.3) is 11.4 Å². The number of nitrogens with zero attached hydrogens (tertiary/aromatic N) is 3. The summed E-state index contributed by atoms with van der Waals surface area (Å²) < 4.78 is 43.3. The molecule has 1 saturated heterocycles. The molecule has 164 valence electrons. The van der Waals surface area contributed by atoms with Crippen molar-refractivity contribution in [3.8, 4) is 22.9 Å². The van der Waals surface area contributed by atoms with Crippen LogP contribution in [0.3, 0.4) is 0 Å². The minimum Gasteiger partial charge on any atom is -0.493 e. The van der Waals surface area contributed by atoms with Gasteiger partial charge < -0.3 is 14.0 Å². The number of benzene rings is 2. The van der Waals surface area contributed by atoms with Gasteiger partial charge in [0.05, 0.1) is 19.1 Å². The number of hydrogen-bond acceptors (Lipinski definition) is 7. The zero-order chi connectivity index (χ0) is 22.0. The highest BCUT2D eigenvalue weighted by molar-refractivity contribution is 7.89. The monoisotopic (exact) mass is 463 g/mol. The summed E-state index contributed by atoms with van der Waals surface area (Å²) in [6.45, 7) is 0.757. The van der Waals surface area contributed by atoms with E-state index in [1.165, 1.54) is 16.4 Å². The molecule has 1 aromatic heterocycles. The maximum atomic E-state index is 12.9. The number of hydrogen-bond donors (Lipinski definition) is 0. The van der Waals surface area contributed by atoms with Gasteiger partial charge in [-0.15, -0.1) is 0 Å². The van der Waals surface area contributed by atoms with Gasteiger partial charge in [-0.2, -0.15) is 9.29 Å². The van der Waals surface area contributed by atoms with Crippen LogP contribution in [0.4, 0.5) is 0 Å². The van der Waals surface area contributed by atoms with Crippen LogP contribution >= 0.6 is 11.6 Å². The van der Waals surface area contributed by atoms with Crippen molar-refractivity contribution in [1.29, 1.82) is 0 Å². The Morgan fingerprint density at radius 1 is 1.03 bits per heavy atom. The second-order valence-corrected chi connectivity index (χ2v) is 9.53. The number of sulfonamides is 1. The Balaban J connectivity index is 1.45. The Morgan fingerprint density at radius 3 is 2.35 bits per heavy atom. The summed E-state index contributed by atoms with van der Waals surface area (Å²) in [5, 5.41) is 4.59. The summed E-state index contributed by atoms with van der Waals surface area (Å²) in [4.78, 5) is 4.77. The molecular weight excluding hydrogens is 442 g/mol. The molecule has 31 heavy (non-hydrogen) atoms. The van der Waals surface area contributed by atoms with Crippen LogP contribution in [0.2, 0.25) is 5.02 Å². The Morgan fingerprint density at radius 2 is 1.71 bits per heavy atom. The van der Waals surface area contributed by atoms with E-state index in [9.17, 15) is 8.42 Å². The summed E-state index contributed by atoms with van der Waals surface area (Å²) >= 11 is 5.87. The highest BCUT2D eigenvalue weighted by Crippen LogP contribution is 2.34. The molecule has 1 aliphatic heterocycles. The molecule has 10 heteroatoms. The fourth-order valence-electron chi connectivity index (χ4n) is 3.59. The SMILES string of the molecule is COc1ccc(-c2noc(C3CCN(S(=O)(=O)c4ccc(Cl)cc4)CC3)n2)cc1OC. The second kappa shape index (κ2) is 8.86. The van der Waals surface area contributed by atoms with Crippen LogP contribution in [0.5, 0.6) is 11.5 Å². The number of aromatic nitrogens is 2. The number of piperidine rings is 1. The van der Waals surface area contributed by atoms with Crippen molar-refractivity contribution >= 4 is 21.6 Å². The first-order chi connectivity index (χ1) is 14.9. The molecule has 4 rings (SSSR count). The zero-order valence-electron chi connectivity index (χ0n) is 17.1. The average Bonchev–Trinajstić information content (AvgIpc) is 3.29. The summed E-state index contributed by atoms with van der Waals surface area (Å²) in [6.07, 6.45) is 1.20. The van der Waals surface area contributed by atoms with Gasteiger partial charge in [0.15, 0.2) is 11.5 Å². The van der Waals surface area contributed by atoms with E-state index < -0.39 is 10.0 Å². The van der Waals surface area contributed by atoms with Gasteiger partial charge in [0.25, 0.3) is 0 Å². The van der Waals surface area contributed by atoms with E-state index in [0.717, 1.165) is 5.56 Å². The lowest BCUT2D eigenvalue weighted by molar-refractivity contribution is 0.271. The Bertz CT molecular complexity index is 1160. The van der Waals surface area contributed by atoms with E-state index in [1.54, 1.807) is 38.5 Å². The number of ether oxygens (including phenoxy) is 2. The molecule has 8 nitrogen and oxygen atoms in total. The molecule has 0 atom stereocenters. The van der Waals surface area contributed by atoms with Crippen LogP contribution in [-0.2, 0) is 10.0 Å². The molecule has 0 unspecified atom stereocenters. The lowest BCUT2D eigenvalue weighted by Gasteiger charge is -2.29. The molecule has 1 aliphatic rings. The fraction of sp³-hybridized carbons (Fsp3) is 0.333. The molecule has 0 aliphatic carbocycles. The minimum atomic E-state index is -3.55. The Labute approximate surface area is 185 Å². The van der Waals surface area contributed by atoms with E-state index in [1.807, 2.05) is 6.07 Å². The van der Waals surface area contributed by atoms with E-state index in [2.05, 4.69) is 10.1 Å². The molecule has 2 aromatic carbocycles. The summed E-state index contributed by atoms with van der Waals surface area (Å²) in [6, 6.07) is 11.6. The van der Waals surface area contributed by atoms with E-state index >= 15 is 0 Å². The van der Waals surface area contributed by atoms with Crippen LogP contribution in [0.1, 0.15) is 24.7 Å². The number of rotatable bonds is 6. The molecule has 1 fully saturated rings. The molecule has 0 radical (unpaired) electrons. The first kappa shape index (κ1) is 21.6. The van der Waals surface area contributed by atoms with Crippen molar-refractivity contribution < 1.29 is 22.4 Å². The van der Waals surface area contributed by atoms with E-state index in [-0.39, 0.29) is 10.8 Å². The van der Waals surface area contributed by atoms with Crippen molar-refractivity contribution in [2.24, 2.45) is 0 Å². The lowest BCUT2D eigenvalue weighted by Crippen LogP contribution is -2.37. The highest BCUT2D eigenvalue weighted by Gasteiger charge is 2.32. The van der Waals surface area contributed by atoms with E-state index in [0.29, 0.717) is 54.2 Å². The Hall–Kier alpha value is -2.62. The standard InChI is InChI=1S/C21H22ClN3O5S/c1-28-18-8-3-15(13-19(18)29-2)20-23-21(30-24-20)14-9-11-25(12-10-14)31(26,27)17-6-4-16(22)5-7-17/h3-8,13-14H,9-12H2,1-2H3. The van der Waals surface area contributed by atoms with Gasteiger partial charge in [0, 0.05) is 29.6 Å². The molecule has 0 spiro atoms. The zero-order valence-corrected chi connectivity index (χ0v) is 18.7. The Kier molecular flexibility index (Phi) is 6.17. The minimum absolute atomic E-state index is 0.00179. The van der Waals surface area contributed by atoms with Gasteiger partial charge in [-0.25, -0.2) is 8.42 Å². The van der Waals surface area contributed by atoms with Crippen LogP contribution < -0.4 is 9.47 Å². The molecule has 3 aromatic rings. The van der Waals surface area contributed by atoms with Gasteiger partial charge in [-0.05, 0) is 55.3 Å². The van der Waals surface area contributed by atoms with Crippen molar-refractivity contribution in [3.05, 3.63) is 53.4 Å². The maximum Gasteiger partial charge on any atom is 0.243 e. The molecule has 0 saturated carbocycles. The summed E-state index contributed by atoms with van der Waals surface area (Å²) in [7, 11) is -0.417. The van der Waals surface area contributed by atoms with Gasteiger partial charge in [-0.3, -0.25) is 0 Å². The lowest BCUT2D eigenvalue weighted by atomic mass is 9.98. The predicted molar refractivity (Wildman–Crippen MR) is 115 cm³/mol. The molecule has 2 heterocycles. The molecule has 0 amide bonds. The largest absolute Gasteiger partial charge is 0.493 e. The fourth-order valence-corrected chi connectivity index (χ4v) is 5.19. The van der Waals surface area contributed by atoms with Crippen LogP contribution in [0, 0.1) is 0 Å². The van der Waals surface area contributed by atoms with Crippen molar-refractivity contribution in [1.82, 2.24) is 14.4 Å². The van der Waals surface area contributed by atoms with E-state index in [4.69, 9.17) is 25.6 Å². The van der Waals surface area contributed by atoms with Crippen molar-refractivity contribution in [3.63, 3.8) is 0 Å². The highest BCUT2D eigenvalue weighted by atomic mass is 35.5. The maximum absolute atomic E-state index is 12.9. The molecule has 0 bridgehead atoms. The topological polar surface area (TPSA) is 94.8 Å². The summed E-state index contributed by atoms with van der Waals surface area (Å²) in [5.41, 5.74) is 0.746. The van der Waals surface area contributed by atoms with Crippen LogP contribution in [-0.4, -0.2) is 50.2 Å². The van der Waals surface area contributed by atoms with Crippen LogP contribution in [0.15, 0.2) is 51.9 Å². The normalized spacial score (nSPS) is 15.7. The third-order valence-corrected chi connectivity index (χ3v) is 7.50. The van der Waals surface area contributed by atoms with Crippen molar-refractivity contribution in [2.45, 2.75) is 23.7 Å². The quantitative estimate of drug-likeness (QED) is 0.545. The van der Waals surface area contributed by atoms with Crippen molar-refractivity contribution in [2.75, 3.05) is 27.3 Å². The third-order valence-electron chi connectivity index (χ3n) is 5.34. The molecule has 0 N–H and O–H groups in total. The smallest absolute Gasteiger partial charge is 0.243 e. The second-order valence-electron chi connectivity index (χ2n) is 7.16. The van der Waals surface area contributed by atoms with Gasteiger partial charge in [0.1, 0.15) is 0 Å². The number of methoxy groups -OCH3 is 2. The molecular formula is C21H22ClN3O5S. The van der Waals surface area contributed by atoms with Gasteiger partial charge >= 0.3 is 0 Å². The van der Waals surface area contributed by atoms with Gasteiger partial charge in [0.2, 0.25) is 21.7 Å². The third kappa shape index (κ3) is 4.39. The number of halogens is 1. The predicted octanol–water partition coefficient (Wildman–Crippen LogP) is 3.98. The first-order valence-corrected chi connectivity index (χ1v) is 11.6.